The number of hydrogen-bond donors (Lipinski definition) is 0. The van der Waals surface area contributed by atoms with Gasteiger partial charge in [-0.2, -0.15) is 0 Å². The Morgan fingerprint density at radius 1 is 1.42 bits per heavy atom. The summed E-state index contributed by atoms with van der Waals surface area (Å²) in [5.74, 6) is 1.11. The highest BCUT2D eigenvalue weighted by Crippen LogP contribution is 2.34. The molecule has 4 nitrogen and oxygen atoms in total. The quantitative estimate of drug-likeness (QED) is 0.766. The Morgan fingerprint density at radius 3 is 3.00 bits per heavy atom. The molecule has 1 aromatic rings. The molecule has 1 heterocycles. The number of benzene rings is 1. The van der Waals surface area contributed by atoms with Crippen molar-refractivity contribution in [3.63, 3.8) is 0 Å². The smallest absolute Gasteiger partial charge is 0.306 e. The first kappa shape index (κ1) is 13.9. The van der Waals surface area contributed by atoms with Gasteiger partial charge in [-0.1, -0.05) is 12.1 Å². The minimum Gasteiger partial charge on any atom is -0.497 e. The van der Waals surface area contributed by atoms with Crippen LogP contribution in [-0.2, 0) is 14.3 Å². The average molecular weight is 264 g/mol. The second-order valence-electron chi connectivity index (χ2n) is 4.69. The number of methoxy groups -OCH3 is 1. The van der Waals surface area contributed by atoms with Crippen molar-refractivity contribution < 1.29 is 19.0 Å². The molecule has 0 radical (unpaired) electrons. The van der Waals surface area contributed by atoms with E-state index in [0.29, 0.717) is 26.2 Å². The third-order valence-electron chi connectivity index (χ3n) is 3.45. The highest BCUT2D eigenvalue weighted by atomic mass is 16.5. The maximum absolute atomic E-state index is 11.6. The zero-order valence-corrected chi connectivity index (χ0v) is 11.4. The molecular weight excluding hydrogens is 244 g/mol. The van der Waals surface area contributed by atoms with E-state index in [4.69, 9.17) is 14.2 Å². The summed E-state index contributed by atoms with van der Waals surface area (Å²) >= 11 is 0. The predicted molar refractivity (Wildman–Crippen MR) is 71.3 cm³/mol. The van der Waals surface area contributed by atoms with E-state index in [1.54, 1.807) is 7.11 Å². The van der Waals surface area contributed by atoms with E-state index in [9.17, 15) is 4.79 Å². The van der Waals surface area contributed by atoms with Crippen molar-refractivity contribution in [1.82, 2.24) is 0 Å². The van der Waals surface area contributed by atoms with Crippen LogP contribution in [-0.4, -0.2) is 32.9 Å². The molecule has 0 N–H and O–H groups in total. The minimum absolute atomic E-state index is 0.147. The Hall–Kier alpha value is -1.55. The molecule has 4 heteroatoms. The van der Waals surface area contributed by atoms with Crippen molar-refractivity contribution >= 4 is 5.97 Å². The van der Waals surface area contributed by atoms with Crippen LogP contribution in [0.5, 0.6) is 5.75 Å². The first-order chi connectivity index (χ1) is 9.24. The summed E-state index contributed by atoms with van der Waals surface area (Å²) in [5, 5.41) is 0. The molecule has 0 amide bonds. The molecule has 1 aliphatic rings. The molecule has 2 rings (SSSR count). The maximum Gasteiger partial charge on any atom is 0.306 e. The van der Waals surface area contributed by atoms with E-state index in [2.05, 4.69) is 6.07 Å². The zero-order chi connectivity index (χ0) is 13.7. The van der Waals surface area contributed by atoms with Gasteiger partial charge in [0.25, 0.3) is 0 Å². The molecular formula is C15H20O4. The fourth-order valence-corrected chi connectivity index (χ4v) is 2.47. The lowest BCUT2D eigenvalue weighted by Crippen LogP contribution is -2.17. The van der Waals surface area contributed by atoms with Crippen molar-refractivity contribution in [3.8, 4) is 5.75 Å². The van der Waals surface area contributed by atoms with Crippen LogP contribution < -0.4 is 4.74 Å². The Bertz CT molecular complexity index is 430. The molecule has 1 saturated heterocycles. The number of hydrogen-bond acceptors (Lipinski definition) is 4. The van der Waals surface area contributed by atoms with Gasteiger partial charge in [0.1, 0.15) is 5.75 Å². The van der Waals surface area contributed by atoms with Crippen molar-refractivity contribution in [1.29, 1.82) is 0 Å². The van der Waals surface area contributed by atoms with Crippen LogP contribution in [0.2, 0.25) is 0 Å². The normalized spacial score (nSPS) is 22.2. The molecule has 0 bridgehead atoms. The SMILES string of the molecule is CCOC(=O)CC1COCC1c1cccc(OC)c1. The molecule has 0 saturated carbocycles. The molecule has 104 valence electrons. The summed E-state index contributed by atoms with van der Waals surface area (Å²) in [7, 11) is 1.65. The Morgan fingerprint density at radius 2 is 2.26 bits per heavy atom. The fourth-order valence-electron chi connectivity index (χ4n) is 2.47. The zero-order valence-electron chi connectivity index (χ0n) is 11.4. The van der Waals surface area contributed by atoms with Crippen LogP contribution in [0.25, 0.3) is 0 Å². The Balaban J connectivity index is 2.07. The number of ether oxygens (including phenoxy) is 3. The van der Waals surface area contributed by atoms with E-state index < -0.39 is 0 Å². The standard InChI is InChI=1S/C15H20O4/c1-3-19-15(16)8-12-9-18-10-14(12)11-5-4-6-13(7-11)17-2/h4-7,12,14H,3,8-10H2,1-2H3. The lowest BCUT2D eigenvalue weighted by Gasteiger charge is -2.17. The van der Waals surface area contributed by atoms with Crippen LogP contribution in [0.4, 0.5) is 0 Å². The molecule has 2 unspecified atom stereocenters. The lowest BCUT2D eigenvalue weighted by atomic mass is 9.87. The number of carbonyl (C=O) groups excluding carboxylic acids is 1. The summed E-state index contributed by atoms with van der Waals surface area (Å²) in [4.78, 5) is 11.6. The van der Waals surface area contributed by atoms with Gasteiger partial charge in [-0.05, 0) is 24.6 Å². The summed E-state index contributed by atoms with van der Waals surface area (Å²) in [6, 6.07) is 7.95. The Kier molecular flexibility index (Phi) is 4.80. The first-order valence-corrected chi connectivity index (χ1v) is 6.62. The van der Waals surface area contributed by atoms with Crippen molar-refractivity contribution in [2.45, 2.75) is 19.3 Å². The van der Waals surface area contributed by atoms with Gasteiger partial charge in [-0.3, -0.25) is 4.79 Å². The fraction of sp³-hybridized carbons (Fsp3) is 0.533. The van der Waals surface area contributed by atoms with Crippen LogP contribution in [0, 0.1) is 5.92 Å². The predicted octanol–water partition coefficient (Wildman–Crippen LogP) is 2.38. The van der Waals surface area contributed by atoms with Crippen LogP contribution in [0.3, 0.4) is 0 Å². The van der Waals surface area contributed by atoms with Crippen LogP contribution in [0.1, 0.15) is 24.8 Å². The van der Waals surface area contributed by atoms with Gasteiger partial charge < -0.3 is 14.2 Å². The van der Waals surface area contributed by atoms with Crippen molar-refractivity contribution in [3.05, 3.63) is 29.8 Å². The second kappa shape index (κ2) is 6.57. The molecule has 0 aromatic heterocycles. The van der Waals surface area contributed by atoms with E-state index in [1.807, 2.05) is 25.1 Å². The van der Waals surface area contributed by atoms with Gasteiger partial charge in [0.05, 0.1) is 33.4 Å². The topological polar surface area (TPSA) is 44.8 Å². The van der Waals surface area contributed by atoms with E-state index >= 15 is 0 Å². The van der Waals surface area contributed by atoms with Gasteiger partial charge in [-0.25, -0.2) is 0 Å². The van der Waals surface area contributed by atoms with E-state index in [1.165, 1.54) is 0 Å². The molecule has 0 aliphatic carbocycles. The average Bonchev–Trinajstić information content (AvgIpc) is 2.87. The number of rotatable bonds is 5. The monoisotopic (exact) mass is 264 g/mol. The lowest BCUT2D eigenvalue weighted by molar-refractivity contribution is -0.144. The minimum atomic E-state index is -0.147. The highest BCUT2D eigenvalue weighted by Gasteiger charge is 2.31. The number of esters is 1. The summed E-state index contributed by atoms with van der Waals surface area (Å²) in [5.41, 5.74) is 1.16. The van der Waals surface area contributed by atoms with E-state index in [0.717, 1.165) is 11.3 Å². The molecule has 0 spiro atoms. The third-order valence-corrected chi connectivity index (χ3v) is 3.45. The van der Waals surface area contributed by atoms with E-state index in [-0.39, 0.29) is 17.8 Å². The molecule has 2 atom stereocenters. The Labute approximate surface area is 113 Å². The second-order valence-corrected chi connectivity index (χ2v) is 4.69. The highest BCUT2D eigenvalue weighted by molar-refractivity contribution is 5.69. The van der Waals surface area contributed by atoms with Gasteiger partial charge in [-0.15, -0.1) is 0 Å². The largest absolute Gasteiger partial charge is 0.497 e. The van der Waals surface area contributed by atoms with Gasteiger partial charge in [0, 0.05) is 11.8 Å². The molecule has 1 aromatic carbocycles. The third kappa shape index (κ3) is 3.47. The number of carbonyl (C=O) groups is 1. The van der Waals surface area contributed by atoms with Crippen molar-refractivity contribution in [2.75, 3.05) is 26.9 Å². The van der Waals surface area contributed by atoms with Gasteiger partial charge in [0.15, 0.2) is 0 Å². The summed E-state index contributed by atoms with van der Waals surface area (Å²) < 4.78 is 15.8. The van der Waals surface area contributed by atoms with Crippen molar-refractivity contribution in [2.24, 2.45) is 5.92 Å². The van der Waals surface area contributed by atoms with Gasteiger partial charge in [0.2, 0.25) is 0 Å². The van der Waals surface area contributed by atoms with Gasteiger partial charge >= 0.3 is 5.97 Å². The van der Waals surface area contributed by atoms with Crippen LogP contribution >= 0.6 is 0 Å². The summed E-state index contributed by atoms with van der Waals surface area (Å²) in [6.07, 6.45) is 0.412. The van der Waals surface area contributed by atoms with Crippen LogP contribution in [0.15, 0.2) is 24.3 Å². The summed E-state index contributed by atoms with van der Waals surface area (Å²) in [6.45, 7) is 3.51. The molecule has 19 heavy (non-hydrogen) atoms. The molecule has 1 aliphatic heterocycles. The first-order valence-electron chi connectivity index (χ1n) is 6.62. The maximum atomic E-state index is 11.6. The molecule has 1 fully saturated rings.